The van der Waals surface area contributed by atoms with E-state index >= 15 is 0 Å². The fourth-order valence-electron chi connectivity index (χ4n) is 2.19. The van der Waals surface area contributed by atoms with E-state index in [2.05, 4.69) is 11.8 Å². The molecule has 84 valence electrons. The molecule has 0 bridgehead atoms. The van der Waals surface area contributed by atoms with Crippen molar-refractivity contribution in [1.82, 2.24) is 4.90 Å². The number of aliphatic hydroxyl groups excluding tert-OH is 1. The first-order chi connectivity index (χ1) is 6.67. The van der Waals surface area contributed by atoms with Gasteiger partial charge in [0.2, 0.25) is 0 Å². The summed E-state index contributed by atoms with van der Waals surface area (Å²) in [5, 5.41) is 9.61. The van der Waals surface area contributed by atoms with Crippen molar-refractivity contribution in [3.63, 3.8) is 0 Å². The first kappa shape index (κ1) is 12.0. The third-order valence-electron chi connectivity index (χ3n) is 3.29. The third kappa shape index (κ3) is 3.23. The van der Waals surface area contributed by atoms with E-state index in [4.69, 9.17) is 5.73 Å². The van der Waals surface area contributed by atoms with Crippen molar-refractivity contribution < 1.29 is 5.11 Å². The highest BCUT2D eigenvalue weighted by Crippen LogP contribution is 2.22. The zero-order valence-corrected chi connectivity index (χ0v) is 9.45. The Bertz CT molecular complexity index is 163. The van der Waals surface area contributed by atoms with Crippen molar-refractivity contribution in [2.24, 2.45) is 11.7 Å². The largest absolute Gasteiger partial charge is 0.392 e. The van der Waals surface area contributed by atoms with Crippen molar-refractivity contribution in [3.05, 3.63) is 0 Å². The number of nitrogens with zero attached hydrogens (tertiary/aromatic N) is 1. The van der Waals surface area contributed by atoms with Crippen LogP contribution in [0.5, 0.6) is 0 Å². The third-order valence-corrected chi connectivity index (χ3v) is 3.29. The number of aliphatic hydroxyl groups is 1. The molecular weight excluding hydrogens is 176 g/mol. The topological polar surface area (TPSA) is 49.5 Å². The molecule has 0 aliphatic carbocycles. The van der Waals surface area contributed by atoms with Gasteiger partial charge in [0.05, 0.1) is 6.10 Å². The van der Waals surface area contributed by atoms with E-state index in [9.17, 15) is 5.11 Å². The van der Waals surface area contributed by atoms with Crippen LogP contribution in [-0.4, -0.2) is 41.8 Å². The Morgan fingerprint density at radius 2 is 2.29 bits per heavy atom. The minimum Gasteiger partial charge on any atom is -0.392 e. The molecule has 0 aromatic heterocycles. The molecule has 3 heteroatoms. The van der Waals surface area contributed by atoms with Crippen LogP contribution in [0.3, 0.4) is 0 Å². The highest BCUT2D eigenvalue weighted by Gasteiger charge is 2.26. The fraction of sp³-hybridized carbons (Fsp3) is 1.00. The Hall–Kier alpha value is -0.120. The Morgan fingerprint density at radius 1 is 1.57 bits per heavy atom. The van der Waals surface area contributed by atoms with E-state index in [1.807, 2.05) is 6.92 Å². The molecule has 14 heavy (non-hydrogen) atoms. The van der Waals surface area contributed by atoms with Gasteiger partial charge in [0.1, 0.15) is 0 Å². The summed E-state index contributed by atoms with van der Waals surface area (Å²) in [5.74, 6) is 0.790. The molecule has 1 fully saturated rings. The maximum atomic E-state index is 9.61. The number of hydrogen-bond acceptors (Lipinski definition) is 3. The van der Waals surface area contributed by atoms with Crippen LogP contribution in [0.1, 0.15) is 33.1 Å². The number of β-amino-alcohol motifs (C(OH)–C–C–N with tert-alkyl or cyclic N) is 1. The van der Waals surface area contributed by atoms with E-state index < -0.39 is 0 Å². The molecule has 1 aliphatic rings. The van der Waals surface area contributed by atoms with Gasteiger partial charge in [-0.05, 0) is 31.7 Å². The van der Waals surface area contributed by atoms with E-state index in [-0.39, 0.29) is 6.10 Å². The number of nitrogens with two attached hydrogens (primary N) is 1. The van der Waals surface area contributed by atoms with Crippen LogP contribution in [-0.2, 0) is 0 Å². The average molecular weight is 200 g/mol. The zero-order chi connectivity index (χ0) is 10.6. The standard InChI is InChI=1S/C11H24N2O/c1-3-11(14)8-13-5-4-9(2)6-10(13)7-12/h9-11,14H,3-8,12H2,1-2H3. The van der Waals surface area contributed by atoms with E-state index in [0.29, 0.717) is 6.04 Å². The van der Waals surface area contributed by atoms with Crippen LogP contribution in [0.25, 0.3) is 0 Å². The summed E-state index contributed by atoms with van der Waals surface area (Å²) in [4.78, 5) is 2.36. The van der Waals surface area contributed by atoms with Gasteiger partial charge in [-0.3, -0.25) is 4.90 Å². The summed E-state index contributed by atoms with van der Waals surface area (Å²) < 4.78 is 0. The molecule has 0 saturated carbocycles. The minimum absolute atomic E-state index is 0.183. The highest BCUT2D eigenvalue weighted by molar-refractivity contribution is 4.81. The maximum absolute atomic E-state index is 9.61. The fourth-order valence-corrected chi connectivity index (χ4v) is 2.19. The van der Waals surface area contributed by atoms with Gasteiger partial charge < -0.3 is 10.8 Å². The first-order valence-corrected chi connectivity index (χ1v) is 5.79. The minimum atomic E-state index is -0.183. The molecule has 3 nitrogen and oxygen atoms in total. The zero-order valence-electron chi connectivity index (χ0n) is 9.45. The second-order valence-electron chi connectivity index (χ2n) is 4.58. The van der Waals surface area contributed by atoms with Crippen LogP contribution >= 0.6 is 0 Å². The normalized spacial score (nSPS) is 31.7. The molecule has 1 aliphatic heterocycles. The number of piperidine rings is 1. The molecule has 0 aromatic carbocycles. The highest BCUT2D eigenvalue weighted by atomic mass is 16.3. The SMILES string of the molecule is CCC(O)CN1CCC(C)CC1CN. The molecule has 0 aromatic rings. The van der Waals surface area contributed by atoms with Crippen molar-refractivity contribution in [1.29, 1.82) is 0 Å². The van der Waals surface area contributed by atoms with E-state index in [1.54, 1.807) is 0 Å². The molecule has 0 spiro atoms. The molecule has 3 atom stereocenters. The molecule has 3 N–H and O–H groups in total. The lowest BCUT2D eigenvalue weighted by atomic mass is 9.92. The van der Waals surface area contributed by atoms with Crippen LogP contribution in [0, 0.1) is 5.92 Å². The van der Waals surface area contributed by atoms with Gasteiger partial charge in [-0.2, -0.15) is 0 Å². The van der Waals surface area contributed by atoms with Gasteiger partial charge >= 0.3 is 0 Å². The summed E-state index contributed by atoms with van der Waals surface area (Å²) >= 11 is 0. The Morgan fingerprint density at radius 3 is 2.86 bits per heavy atom. The lowest BCUT2D eigenvalue weighted by Crippen LogP contribution is -2.48. The quantitative estimate of drug-likeness (QED) is 0.706. The lowest BCUT2D eigenvalue weighted by Gasteiger charge is -2.38. The van der Waals surface area contributed by atoms with Crippen LogP contribution in [0.4, 0.5) is 0 Å². The van der Waals surface area contributed by atoms with Crippen LogP contribution < -0.4 is 5.73 Å². The van der Waals surface area contributed by atoms with Gasteiger partial charge in [0.15, 0.2) is 0 Å². The molecule has 1 heterocycles. The molecule has 1 rings (SSSR count). The van der Waals surface area contributed by atoms with Crippen LogP contribution in [0.15, 0.2) is 0 Å². The van der Waals surface area contributed by atoms with Gasteiger partial charge in [-0.15, -0.1) is 0 Å². The van der Waals surface area contributed by atoms with Crippen molar-refractivity contribution in [3.8, 4) is 0 Å². The predicted octanol–water partition coefficient (Wildman–Crippen LogP) is 0.817. The summed E-state index contributed by atoms with van der Waals surface area (Å²) in [5.41, 5.74) is 5.75. The Labute approximate surface area is 87.3 Å². The van der Waals surface area contributed by atoms with Crippen molar-refractivity contribution in [2.45, 2.75) is 45.3 Å². The smallest absolute Gasteiger partial charge is 0.0664 e. The first-order valence-electron chi connectivity index (χ1n) is 5.79. The molecule has 3 unspecified atom stereocenters. The van der Waals surface area contributed by atoms with Gasteiger partial charge in [-0.1, -0.05) is 13.8 Å². The van der Waals surface area contributed by atoms with E-state index in [1.165, 1.54) is 12.8 Å². The molecule has 1 saturated heterocycles. The number of rotatable bonds is 4. The van der Waals surface area contributed by atoms with Crippen LogP contribution in [0.2, 0.25) is 0 Å². The lowest BCUT2D eigenvalue weighted by molar-refractivity contribution is 0.0553. The summed E-state index contributed by atoms with van der Waals surface area (Å²) in [6, 6.07) is 0.486. The van der Waals surface area contributed by atoms with Gasteiger partial charge in [-0.25, -0.2) is 0 Å². The van der Waals surface area contributed by atoms with E-state index in [0.717, 1.165) is 32.0 Å². The van der Waals surface area contributed by atoms with Gasteiger partial charge in [0.25, 0.3) is 0 Å². The Kier molecular flexibility index (Phi) is 4.85. The second kappa shape index (κ2) is 5.69. The van der Waals surface area contributed by atoms with Crippen molar-refractivity contribution in [2.75, 3.05) is 19.6 Å². The predicted molar refractivity (Wildman–Crippen MR) is 59.1 cm³/mol. The summed E-state index contributed by atoms with van der Waals surface area (Å²) in [6.45, 7) is 6.93. The average Bonchev–Trinajstić information content (AvgIpc) is 2.20. The summed E-state index contributed by atoms with van der Waals surface area (Å²) in [7, 11) is 0. The molecule has 0 amide bonds. The summed E-state index contributed by atoms with van der Waals surface area (Å²) in [6.07, 6.45) is 3.08. The molecule has 0 radical (unpaired) electrons. The van der Waals surface area contributed by atoms with Gasteiger partial charge in [0, 0.05) is 19.1 Å². The van der Waals surface area contributed by atoms with Crippen molar-refractivity contribution >= 4 is 0 Å². The number of hydrogen-bond donors (Lipinski definition) is 2. The number of likely N-dealkylation sites (tertiary alicyclic amines) is 1. The maximum Gasteiger partial charge on any atom is 0.0664 e. The Balaban J connectivity index is 2.41. The molecular formula is C11H24N2O. The second-order valence-corrected chi connectivity index (χ2v) is 4.58. The monoisotopic (exact) mass is 200 g/mol.